The summed E-state index contributed by atoms with van der Waals surface area (Å²) in [6, 6.07) is 19.6. The van der Waals surface area contributed by atoms with E-state index in [0.29, 0.717) is 23.4 Å². The van der Waals surface area contributed by atoms with Crippen molar-refractivity contribution in [1.29, 1.82) is 0 Å². The zero-order valence-electron chi connectivity index (χ0n) is 22.4. The van der Waals surface area contributed by atoms with E-state index in [1.165, 1.54) is 28.6 Å². The van der Waals surface area contributed by atoms with Crippen molar-refractivity contribution in [2.24, 2.45) is 5.10 Å². The predicted molar refractivity (Wildman–Crippen MR) is 149 cm³/mol. The number of nitrogens with zero attached hydrogens (tertiary/aromatic N) is 3. The zero-order chi connectivity index (χ0) is 29.1. The van der Waals surface area contributed by atoms with Gasteiger partial charge in [-0.3, -0.25) is 4.79 Å². The summed E-state index contributed by atoms with van der Waals surface area (Å²) < 4.78 is 46.3. The Bertz CT molecular complexity index is 1520. The van der Waals surface area contributed by atoms with E-state index in [-0.39, 0.29) is 16.3 Å². The van der Waals surface area contributed by atoms with E-state index in [1.807, 2.05) is 24.3 Å². The molecule has 0 aliphatic carbocycles. The standard InChI is InChI=1S/C30H28ClF3N4O2/c1-19-26(27(31)38(37-19)24-7-5-6-23(16-24)30(32,33)34)17-35-36-28(39)21-10-8-20(9-11-21)18-40-25-14-12-22(13-15-25)29(2,3)4/h5-17H,18H2,1-4H3,(H,36,39)/b35-17-. The third-order valence-electron chi connectivity index (χ3n) is 6.17. The molecule has 1 N–H and O–H groups in total. The van der Waals surface area contributed by atoms with Crippen LogP contribution in [0.3, 0.4) is 0 Å². The number of carbonyl (C=O) groups excluding carboxylic acids is 1. The monoisotopic (exact) mass is 568 g/mol. The fourth-order valence-corrected chi connectivity index (χ4v) is 4.15. The Morgan fingerprint density at radius 2 is 1.70 bits per heavy atom. The molecule has 1 amide bonds. The summed E-state index contributed by atoms with van der Waals surface area (Å²) in [6.07, 6.45) is -3.19. The maximum atomic E-state index is 13.1. The minimum Gasteiger partial charge on any atom is -0.489 e. The van der Waals surface area contributed by atoms with E-state index in [0.717, 1.165) is 23.4 Å². The molecule has 208 valence electrons. The lowest BCUT2D eigenvalue weighted by Crippen LogP contribution is -2.17. The SMILES string of the molecule is Cc1nn(-c2cccc(C(F)(F)F)c2)c(Cl)c1/C=N\NC(=O)c1ccc(COc2ccc(C(C)(C)C)cc2)cc1. The van der Waals surface area contributed by atoms with E-state index in [2.05, 4.69) is 36.4 Å². The number of halogens is 4. The van der Waals surface area contributed by atoms with Gasteiger partial charge in [0.15, 0.2) is 0 Å². The van der Waals surface area contributed by atoms with Gasteiger partial charge in [-0.15, -0.1) is 0 Å². The molecule has 1 aromatic heterocycles. The third-order valence-corrected chi connectivity index (χ3v) is 6.53. The molecule has 10 heteroatoms. The largest absolute Gasteiger partial charge is 0.489 e. The molecule has 0 spiro atoms. The second-order valence-corrected chi connectivity index (χ2v) is 10.6. The van der Waals surface area contributed by atoms with Gasteiger partial charge < -0.3 is 4.74 Å². The maximum absolute atomic E-state index is 13.1. The van der Waals surface area contributed by atoms with Crippen molar-refractivity contribution in [1.82, 2.24) is 15.2 Å². The maximum Gasteiger partial charge on any atom is 0.416 e. The van der Waals surface area contributed by atoms with E-state index >= 15 is 0 Å². The summed E-state index contributed by atoms with van der Waals surface area (Å²) >= 11 is 6.39. The number of rotatable bonds is 7. The Balaban J connectivity index is 1.36. The Morgan fingerprint density at radius 3 is 2.33 bits per heavy atom. The first-order chi connectivity index (χ1) is 18.8. The fraction of sp³-hybridized carbons (Fsp3) is 0.233. The van der Waals surface area contributed by atoms with Crippen molar-refractivity contribution in [3.8, 4) is 11.4 Å². The minimum absolute atomic E-state index is 0.0622. The summed E-state index contributed by atoms with van der Waals surface area (Å²) in [6.45, 7) is 8.45. The van der Waals surface area contributed by atoms with Crippen LogP contribution in [-0.2, 0) is 18.2 Å². The highest BCUT2D eigenvalue weighted by atomic mass is 35.5. The van der Waals surface area contributed by atoms with Crippen molar-refractivity contribution < 1.29 is 22.7 Å². The van der Waals surface area contributed by atoms with Gasteiger partial charge in [-0.1, -0.05) is 62.7 Å². The topological polar surface area (TPSA) is 68.5 Å². The molecule has 0 atom stereocenters. The number of amides is 1. The average molecular weight is 569 g/mol. The van der Waals surface area contributed by atoms with Crippen LogP contribution in [0.4, 0.5) is 13.2 Å². The number of aryl methyl sites for hydroxylation is 1. The van der Waals surface area contributed by atoms with Crippen LogP contribution in [0.2, 0.25) is 5.15 Å². The summed E-state index contributed by atoms with van der Waals surface area (Å²) in [7, 11) is 0. The van der Waals surface area contributed by atoms with Gasteiger partial charge in [0.2, 0.25) is 0 Å². The van der Waals surface area contributed by atoms with E-state index in [4.69, 9.17) is 16.3 Å². The van der Waals surface area contributed by atoms with Gasteiger partial charge in [0.1, 0.15) is 17.5 Å². The number of hydrogen-bond acceptors (Lipinski definition) is 4. The number of benzene rings is 3. The molecule has 4 aromatic rings. The van der Waals surface area contributed by atoms with E-state index in [9.17, 15) is 18.0 Å². The lowest BCUT2D eigenvalue weighted by Gasteiger charge is -2.19. The van der Waals surface area contributed by atoms with Gasteiger partial charge in [0.05, 0.1) is 28.7 Å². The van der Waals surface area contributed by atoms with Gasteiger partial charge in [-0.05, 0) is 65.9 Å². The van der Waals surface area contributed by atoms with Crippen LogP contribution < -0.4 is 10.2 Å². The minimum atomic E-state index is -4.50. The Hall–Kier alpha value is -4.11. The number of aromatic nitrogens is 2. The zero-order valence-corrected chi connectivity index (χ0v) is 23.1. The molecule has 1 heterocycles. The highest BCUT2D eigenvalue weighted by Gasteiger charge is 2.31. The lowest BCUT2D eigenvalue weighted by atomic mass is 9.87. The molecule has 6 nitrogen and oxygen atoms in total. The number of nitrogens with one attached hydrogen (secondary N) is 1. The number of hydrogen-bond donors (Lipinski definition) is 1. The van der Waals surface area contributed by atoms with Crippen LogP contribution >= 0.6 is 11.6 Å². The lowest BCUT2D eigenvalue weighted by molar-refractivity contribution is -0.137. The van der Waals surface area contributed by atoms with Crippen molar-refractivity contribution in [3.05, 3.63) is 111 Å². The summed E-state index contributed by atoms with van der Waals surface area (Å²) in [5, 5.41) is 8.25. The molecule has 0 unspecified atom stereocenters. The van der Waals surface area contributed by atoms with Gasteiger partial charge in [-0.25, -0.2) is 10.1 Å². The van der Waals surface area contributed by atoms with Crippen molar-refractivity contribution in [2.75, 3.05) is 0 Å². The molecule has 0 aliphatic rings. The molecule has 40 heavy (non-hydrogen) atoms. The Labute approximate surface area is 235 Å². The van der Waals surface area contributed by atoms with Gasteiger partial charge in [-0.2, -0.15) is 23.4 Å². The van der Waals surface area contributed by atoms with Gasteiger partial charge in [0, 0.05) is 5.56 Å². The van der Waals surface area contributed by atoms with Crippen molar-refractivity contribution in [2.45, 2.75) is 45.9 Å². The third kappa shape index (κ3) is 6.90. The highest BCUT2D eigenvalue weighted by Crippen LogP contribution is 2.31. The van der Waals surface area contributed by atoms with E-state index in [1.54, 1.807) is 31.2 Å². The molecule has 0 saturated carbocycles. The summed E-state index contributed by atoms with van der Waals surface area (Å²) in [4.78, 5) is 12.5. The van der Waals surface area contributed by atoms with Crippen LogP contribution in [-0.4, -0.2) is 21.9 Å². The smallest absolute Gasteiger partial charge is 0.416 e. The Kier molecular flexibility index (Phi) is 8.34. The molecule has 0 bridgehead atoms. The second-order valence-electron chi connectivity index (χ2n) is 10.2. The predicted octanol–water partition coefficient (Wildman–Crippen LogP) is 7.49. The highest BCUT2D eigenvalue weighted by molar-refractivity contribution is 6.32. The van der Waals surface area contributed by atoms with Crippen LogP contribution in [0.25, 0.3) is 5.69 Å². The van der Waals surface area contributed by atoms with Crippen molar-refractivity contribution >= 4 is 23.7 Å². The first-order valence-electron chi connectivity index (χ1n) is 12.4. The molecule has 0 fully saturated rings. The second kappa shape index (κ2) is 11.6. The van der Waals surface area contributed by atoms with Gasteiger partial charge >= 0.3 is 6.18 Å². The van der Waals surface area contributed by atoms with Crippen LogP contribution in [0.15, 0.2) is 77.9 Å². The fourth-order valence-electron chi connectivity index (χ4n) is 3.83. The number of alkyl halides is 3. The van der Waals surface area contributed by atoms with Crippen LogP contribution in [0.5, 0.6) is 5.75 Å². The van der Waals surface area contributed by atoms with Crippen molar-refractivity contribution in [3.63, 3.8) is 0 Å². The quantitative estimate of drug-likeness (QED) is 0.185. The van der Waals surface area contributed by atoms with Gasteiger partial charge in [0.25, 0.3) is 5.91 Å². The summed E-state index contributed by atoms with van der Waals surface area (Å²) in [5.41, 5.74) is 5.13. The first kappa shape index (κ1) is 28.9. The number of hydrazone groups is 1. The molecule has 0 radical (unpaired) electrons. The first-order valence-corrected chi connectivity index (χ1v) is 12.8. The number of ether oxygens (including phenoxy) is 1. The molecular formula is C30H28ClF3N4O2. The average Bonchev–Trinajstić information content (AvgIpc) is 3.20. The normalized spacial score (nSPS) is 12.1. The Morgan fingerprint density at radius 1 is 1.02 bits per heavy atom. The van der Waals surface area contributed by atoms with E-state index < -0.39 is 17.6 Å². The molecule has 3 aromatic carbocycles. The molecule has 4 rings (SSSR count). The van der Waals surface area contributed by atoms with Crippen LogP contribution in [0.1, 0.15) is 59.1 Å². The number of carbonyl (C=O) groups is 1. The molecule has 0 saturated heterocycles. The molecule has 0 aliphatic heterocycles. The molecular weight excluding hydrogens is 541 g/mol. The van der Waals surface area contributed by atoms with Crippen LogP contribution in [0, 0.1) is 6.92 Å². The summed E-state index contributed by atoms with van der Waals surface area (Å²) in [5.74, 6) is 0.315.